The van der Waals surface area contributed by atoms with Gasteiger partial charge in [0.15, 0.2) is 10.1 Å². The summed E-state index contributed by atoms with van der Waals surface area (Å²) in [7, 11) is 0. The first kappa shape index (κ1) is 14.4. The minimum absolute atomic E-state index is 0.145. The van der Waals surface area contributed by atoms with Crippen molar-refractivity contribution < 1.29 is 4.79 Å². The molecule has 5 heteroatoms. The van der Waals surface area contributed by atoms with Crippen LogP contribution in [0.25, 0.3) is 10.9 Å². The summed E-state index contributed by atoms with van der Waals surface area (Å²) >= 11 is 3.12. The number of para-hydroxylation sites is 1. The number of aryl methyl sites for hydroxylation is 2. The average molecular weight is 316 g/mol. The molecule has 1 unspecified atom stereocenters. The van der Waals surface area contributed by atoms with E-state index in [2.05, 4.69) is 9.97 Å². The number of carbonyl (C=O) groups is 1. The van der Waals surface area contributed by atoms with Gasteiger partial charge in [0, 0.05) is 33.2 Å². The second kappa shape index (κ2) is 5.66. The molecule has 0 aliphatic rings. The third-order valence-electron chi connectivity index (χ3n) is 3.38. The summed E-state index contributed by atoms with van der Waals surface area (Å²) in [5.74, 6) is 0.155. The zero-order valence-electron chi connectivity index (χ0n) is 12.1. The second-order valence-corrected chi connectivity index (χ2v) is 7.50. The lowest BCUT2D eigenvalue weighted by Gasteiger charge is -2.08. The Morgan fingerprint density at radius 2 is 2.10 bits per heavy atom. The number of rotatable bonds is 4. The second-order valence-electron chi connectivity index (χ2n) is 5.05. The Kier molecular flexibility index (Phi) is 3.87. The minimum atomic E-state index is -0.145. The van der Waals surface area contributed by atoms with Crippen LogP contribution in [0, 0.1) is 13.8 Å². The highest BCUT2D eigenvalue weighted by atomic mass is 32.2. The van der Waals surface area contributed by atoms with Crippen molar-refractivity contribution in [3.8, 4) is 0 Å². The van der Waals surface area contributed by atoms with Gasteiger partial charge in [0.1, 0.15) is 0 Å². The van der Waals surface area contributed by atoms with Crippen molar-refractivity contribution >= 4 is 39.8 Å². The quantitative estimate of drug-likeness (QED) is 0.565. The van der Waals surface area contributed by atoms with E-state index in [4.69, 9.17) is 0 Å². The molecule has 0 fully saturated rings. The molecule has 3 nitrogen and oxygen atoms in total. The van der Waals surface area contributed by atoms with Gasteiger partial charge in [0.2, 0.25) is 0 Å². The van der Waals surface area contributed by atoms with E-state index in [0.29, 0.717) is 0 Å². The Labute approximate surface area is 131 Å². The number of aromatic nitrogens is 2. The molecule has 3 rings (SSSR count). The van der Waals surface area contributed by atoms with E-state index in [-0.39, 0.29) is 11.0 Å². The predicted molar refractivity (Wildman–Crippen MR) is 89.5 cm³/mol. The van der Waals surface area contributed by atoms with Gasteiger partial charge in [-0.25, -0.2) is 4.98 Å². The van der Waals surface area contributed by atoms with Gasteiger partial charge in [-0.1, -0.05) is 30.0 Å². The zero-order valence-corrected chi connectivity index (χ0v) is 13.8. The van der Waals surface area contributed by atoms with E-state index >= 15 is 0 Å². The monoisotopic (exact) mass is 316 g/mol. The van der Waals surface area contributed by atoms with E-state index < -0.39 is 0 Å². The third kappa shape index (κ3) is 2.76. The fourth-order valence-electron chi connectivity index (χ4n) is 2.39. The molecule has 0 amide bonds. The van der Waals surface area contributed by atoms with Gasteiger partial charge in [-0.15, -0.1) is 11.3 Å². The zero-order chi connectivity index (χ0) is 15.0. The van der Waals surface area contributed by atoms with E-state index in [1.54, 1.807) is 11.3 Å². The van der Waals surface area contributed by atoms with Crippen molar-refractivity contribution in [2.24, 2.45) is 0 Å². The predicted octanol–water partition coefficient (Wildman–Crippen LogP) is 4.60. The number of aromatic amines is 1. The number of hydrogen-bond donors (Lipinski definition) is 1. The van der Waals surface area contributed by atoms with Crippen molar-refractivity contribution in [2.45, 2.75) is 30.4 Å². The lowest BCUT2D eigenvalue weighted by atomic mass is 10.1. The van der Waals surface area contributed by atoms with Gasteiger partial charge >= 0.3 is 0 Å². The molecule has 0 spiro atoms. The average Bonchev–Trinajstić information content (AvgIpc) is 3.00. The Hall–Kier alpha value is -1.59. The molecular formula is C16H16N2OS2. The maximum absolute atomic E-state index is 12.8. The van der Waals surface area contributed by atoms with Crippen LogP contribution in [0.3, 0.4) is 0 Å². The van der Waals surface area contributed by atoms with Crippen LogP contribution in [-0.4, -0.2) is 21.0 Å². The third-order valence-corrected chi connectivity index (χ3v) is 5.57. The number of benzene rings is 1. The number of nitrogens with zero attached hydrogens (tertiary/aromatic N) is 1. The molecule has 21 heavy (non-hydrogen) atoms. The molecule has 0 aliphatic carbocycles. The highest BCUT2D eigenvalue weighted by Gasteiger charge is 2.23. The van der Waals surface area contributed by atoms with Gasteiger partial charge in [-0.3, -0.25) is 4.79 Å². The molecule has 1 atom stereocenters. The van der Waals surface area contributed by atoms with Crippen LogP contribution in [0.5, 0.6) is 0 Å². The van der Waals surface area contributed by atoms with E-state index in [1.807, 2.05) is 50.4 Å². The summed E-state index contributed by atoms with van der Waals surface area (Å²) in [6, 6.07) is 7.94. The lowest BCUT2D eigenvalue weighted by molar-refractivity contribution is 0.0995. The molecule has 0 saturated heterocycles. The molecule has 0 aliphatic heterocycles. The van der Waals surface area contributed by atoms with Crippen LogP contribution in [0.15, 0.2) is 34.0 Å². The molecular weight excluding hydrogens is 300 g/mol. The lowest BCUT2D eigenvalue weighted by Crippen LogP contribution is -2.14. The molecule has 108 valence electrons. The number of H-pyrrole nitrogens is 1. The standard InChI is InChI=1S/C16H16N2OS2/c1-9-8-20-16(17-9)21-11(3)15(19)14-10(2)18-13-7-5-4-6-12(13)14/h4-8,11,18H,1-3H3. The van der Waals surface area contributed by atoms with Crippen LogP contribution >= 0.6 is 23.1 Å². The van der Waals surface area contributed by atoms with Gasteiger partial charge in [-0.2, -0.15) is 0 Å². The fraction of sp³-hybridized carbons (Fsp3) is 0.250. The normalized spacial score (nSPS) is 12.7. The van der Waals surface area contributed by atoms with Crippen LogP contribution in [0.4, 0.5) is 0 Å². The molecule has 2 aromatic heterocycles. The Balaban J connectivity index is 1.91. The highest BCUT2D eigenvalue weighted by molar-refractivity contribution is 8.02. The van der Waals surface area contributed by atoms with Crippen molar-refractivity contribution in [1.82, 2.24) is 9.97 Å². The first-order chi connectivity index (χ1) is 10.1. The van der Waals surface area contributed by atoms with Crippen LogP contribution in [-0.2, 0) is 0 Å². The SMILES string of the molecule is Cc1csc(SC(C)C(=O)c2c(C)[nH]c3ccccc23)n1. The minimum Gasteiger partial charge on any atom is -0.358 e. The van der Waals surface area contributed by atoms with Crippen molar-refractivity contribution in [1.29, 1.82) is 0 Å². The van der Waals surface area contributed by atoms with Crippen molar-refractivity contribution in [3.63, 3.8) is 0 Å². The number of ketones is 1. The largest absolute Gasteiger partial charge is 0.358 e. The first-order valence-electron chi connectivity index (χ1n) is 6.76. The number of Topliss-reactive ketones (excluding diaryl/α,β-unsaturated/α-hetero) is 1. The summed E-state index contributed by atoms with van der Waals surface area (Å²) in [5.41, 5.74) is 3.76. The van der Waals surface area contributed by atoms with E-state index in [1.165, 1.54) is 11.8 Å². The highest BCUT2D eigenvalue weighted by Crippen LogP contribution is 2.31. The summed E-state index contributed by atoms with van der Waals surface area (Å²) in [6.07, 6.45) is 0. The summed E-state index contributed by atoms with van der Waals surface area (Å²) < 4.78 is 0.950. The summed E-state index contributed by atoms with van der Waals surface area (Å²) in [6.45, 7) is 5.87. The topological polar surface area (TPSA) is 45.8 Å². The molecule has 0 radical (unpaired) electrons. The van der Waals surface area contributed by atoms with Gasteiger partial charge in [0.05, 0.1) is 5.25 Å². The fourth-order valence-corrected chi connectivity index (χ4v) is 4.43. The van der Waals surface area contributed by atoms with E-state index in [9.17, 15) is 4.79 Å². The molecule has 1 aromatic carbocycles. The maximum Gasteiger partial charge on any atom is 0.178 e. The molecule has 0 saturated carbocycles. The Morgan fingerprint density at radius 3 is 2.81 bits per heavy atom. The summed E-state index contributed by atoms with van der Waals surface area (Å²) in [4.78, 5) is 20.5. The van der Waals surface area contributed by atoms with Gasteiger partial charge in [0.25, 0.3) is 0 Å². The van der Waals surface area contributed by atoms with Gasteiger partial charge in [-0.05, 0) is 26.8 Å². The molecule has 2 heterocycles. The Morgan fingerprint density at radius 1 is 1.33 bits per heavy atom. The number of hydrogen-bond acceptors (Lipinski definition) is 4. The van der Waals surface area contributed by atoms with Crippen LogP contribution in [0.1, 0.15) is 28.7 Å². The van der Waals surface area contributed by atoms with Crippen molar-refractivity contribution in [3.05, 3.63) is 46.6 Å². The van der Waals surface area contributed by atoms with E-state index in [0.717, 1.165) is 32.2 Å². The van der Waals surface area contributed by atoms with Crippen molar-refractivity contribution in [2.75, 3.05) is 0 Å². The number of carbonyl (C=O) groups excluding carboxylic acids is 1. The number of thioether (sulfide) groups is 1. The first-order valence-corrected chi connectivity index (χ1v) is 8.52. The number of nitrogens with one attached hydrogen (secondary N) is 1. The smallest absolute Gasteiger partial charge is 0.178 e. The molecule has 0 bridgehead atoms. The van der Waals surface area contributed by atoms with Gasteiger partial charge < -0.3 is 4.98 Å². The maximum atomic E-state index is 12.8. The summed E-state index contributed by atoms with van der Waals surface area (Å²) in [5, 5.41) is 2.87. The number of thiazole rings is 1. The molecule has 3 aromatic rings. The molecule has 1 N–H and O–H groups in total. The Bertz CT molecular complexity index is 804. The van der Waals surface area contributed by atoms with Crippen LogP contribution in [0.2, 0.25) is 0 Å². The van der Waals surface area contributed by atoms with Crippen LogP contribution < -0.4 is 0 Å². The number of fused-ring (bicyclic) bond motifs is 1.